The maximum atomic E-state index is 13.9. The van der Waals surface area contributed by atoms with Crippen LogP contribution in [0.4, 0.5) is 22.0 Å². The Hall–Kier alpha value is -3.82. The molecule has 1 aromatic carbocycles. The van der Waals surface area contributed by atoms with Gasteiger partial charge in [0.25, 0.3) is 0 Å². The summed E-state index contributed by atoms with van der Waals surface area (Å²) in [5.74, 6) is -6.20. The van der Waals surface area contributed by atoms with Gasteiger partial charge in [0.05, 0.1) is 6.07 Å². The van der Waals surface area contributed by atoms with Gasteiger partial charge in [0.2, 0.25) is 11.8 Å². The molecule has 8 nitrogen and oxygen atoms in total. The maximum absolute atomic E-state index is 13.9. The standard InChI is InChI=1S/C24H24F5N5O3/c1-23(2,3)19(33-22(37)24(27,28)29)21(36)34-6-4-5-18(34)20(35)32-17(9-30)14-11-31-10-12-7-15(25)16(26)8-13(12)14/h7-8,10-11,17-19H,4-6H2,1-3H3,(H,32,35)(H,33,37)/t17?,18?,19-/m1/s1. The number of pyridine rings is 1. The molecule has 1 aliphatic heterocycles. The molecule has 1 saturated heterocycles. The minimum absolute atomic E-state index is 0.0446. The molecule has 0 saturated carbocycles. The number of nitrogens with one attached hydrogen (secondary N) is 2. The predicted molar refractivity (Wildman–Crippen MR) is 120 cm³/mol. The van der Waals surface area contributed by atoms with Crippen LogP contribution in [0, 0.1) is 28.4 Å². The number of benzene rings is 1. The molecular weight excluding hydrogens is 501 g/mol. The first-order chi connectivity index (χ1) is 17.1. The van der Waals surface area contributed by atoms with Gasteiger partial charge < -0.3 is 15.5 Å². The number of hydrogen-bond donors (Lipinski definition) is 2. The van der Waals surface area contributed by atoms with Crippen LogP contribution < -0.4 is 10.6 Å². The quantitative estimate of drug-likeness (QED) is 0.582. The number of carbonyl (C=O) groups excluding carboxylic acids is 3. The summed E-state index contributed by atoms with van der Waals surface area (Å²) in [5, 5.41) is 14.2. The van der Waals surface area contributed by atoms with Crippen LogP contribution in [-0.4, -0.2) is 52.4 Å². The van der Waals surface area contributed by atoms with Gasteiger partial charge in [-0.3, -0.25) is 19.4 Å². The highest BCUT2D eigenvalue weighted by atomic mass is 19.4. The lowest BCUT2D eigenvalue weighted by Gasteiger charge is -2.35. The lowest BCUT2D eigenvalue weighted by molar-refractivity contribution is -0.176. The Labute approximate surface area is 208 Å². The second-order valence-corrected chi connectivity index (χ2v) is 9.75. The van der Waals surface area contributed by atoms with Crippen LogP contribution in [0.15, 0.2) is 24.5 Å². The lowest BCUT2D eigenvalue weighted by Crippen LogP contribution is -2.59. The zero-order chi connectivity index (χ0) is 27.7. The van der Waals surface area contributed by atoms with Crippen molar-refractivity contribution in [1.29, 1.82) is 5.26 Å². The monoisotopic (exact) mass is 525 g/mol. The summed E-state index contributed by atoms with van der Waals surface area (Å²) in [6.07, 6.45) is -2.22. The van der Waals surface area contributed by atoms with Gasteiger partial charge in [0.15, 0.2) is 11.6 Å². The van der Waals surface area contributed by atoms with Gasteiger partial charge in [-0.2, -0.15) is 18.4 Å². The first kappa shape index (κ1) is 27.8. The van der Waals surface area contributed by atoms with Crippen LogP contribution in [0.2, 0.25) is 0 Å². The summed E-state index contributed by atoms with van der Waals surface area (Å²) in [5.41, 5.74) is -1.03. The summed E-state index contributed by atoms with van der Waals surface area (Å²) in [6, 6.07) is -0.431. The van der Waals surface area contributed by atoms with Gasteiger partial charge in [-0.25, -0.2) is 8.78 Å². The van der Waals surface area contributed by atoms with Crippen LogP contribution in [0.1, 0.15) is 45.2 Å². The van der Waals surface area contributed by atoms with E-state index in [2.05, 4.69) is 10.3 Å². The smallest absolute Gasteiger partial charge is 0.336 e. The van der Waals surface area contributed by atoms with Crippen LogP contribution in [0.5, 0.6) is 0 Å². The van der Waals surface area contributed by atoms with Crippen LogP contribution >= 0.6 is 0 Å². The van der Waals surface area contributed by atoms with Crippen LogP contribution in [0.25, 0.3) is 10.8 Å². The Morgan fingerprint density at radius 3 is 2.35 bits per heavy atom. The molecule has 1 aromatic heterocycles. The molecule has 1 fully saturated rings. The van der Waals surface area contributed by atoms with Gasteiger partial charge in [-0.05, 0) is 35.8 Å². The van der Waals surface area contributed by atoms with E-state index in [1.165, 1.54) is 33.2 Å². The number of alkyl halides is 3. The maximum Gasteiger partial charge on any atom is 0.471 e. The third-order valence-electron chi connectivity index (χ3n) is 6.04. The first-order valence-corrected chi connectivity index (χ1v) is 11.3. The van der Waals surface area contributed by atoms with Crippen molar-refractivity contribution in [2.75, 3.05) is 6.54 Å². The number of likely N-dealkylation sites (tertiary alicyclic amines) is 1. The molecular formula is C24H24F5N5O3. The Morgan fingerprint density at radius 2 is 1.76 bits per heavy atom. The van der Waals surface area contributed by atoms with Crippen molar-refractivity contribution >= 4 is 28.5 Å². The van der Waals surface area contributed by atoms with E-state index >= 15 is 0 Å². The molecule has 0 spiro atoms. The second kappa shape index (κ2) is 10.3. The molecule has 2 N–H and O–H groups in total. The number of halogens is 5. The summed E-state index contributed by atoms with van der Waals surface area (Å²) in [6.45, 7) is 4.46. The number of nitriles is 1. The van der Waals surface area contributed by atoms with E-state index in [1.54, 1.807) is 5.32 Å². The van der Waals surface area contributed by atoms with Gasteiger partial charge in [0, 0.05) is 29.9 Å². The van der Waals surface area contributed by atoms with E-state index < -0.39 is 59.1 Å². The highest BCUT2D eigenvalue weighted by molar-refractivity contribution is 5.94. The fraction of sp³-hybridized carbons (Fsp3) is 0.458. The van der Waals surface area contributed by atoms with Crippen LogP contribution in [-0.2, 0) is 14.4 Å². The summed E-state index contributed by atoms with van der Waals surface area (Å²) in [4.78, 5) is 42.9. The van der Waals surface area contributed by atoms with Crippen molar-refractivity contribution in [1.82, 2.24) is 20.5 Å². The Morgan fingerprint density at radius 1 is 1.11 bits per heavy atom. The first-order valence-electron chi connectivity index (χ1n) is 11.3. The zero-order valence-corrected chi connectivity index (χ0v) is 20.1. The van der Waals surface area contributed by atoms with Crippen molar-refractivity contribution < 1.29 is 36.3 Å². The highest BCUT2D eigenvalue weighted by Gasteiger charge is 2.46. The van der Waals surface area contributed by atoms with Crippen LogP contribution in [0.3, 0.4) is 0 Å². The molecule has 198 valence electrons. The minimum Gasteiger partial charge on any atom is -0.336 e. The number of rotatable bonds is 5. The lowest BCUT2D eigenvalue weighted by atomic mass is 9.85. The molecule has 3 amide bonds. The number of fused-ring (bicyclic) bond motifs is 1. The van der Waals surface area contributed by atoms with E-state index in [-0.39, 0.29) is 29.3 Å². The molecule has 0 radical (unpaired) electrons. The number of hydrogen-bond acceptors (Lipinski definition) is 5. The molecule has 2 aromatic rings. The fourth-order valence-corrected chi connectivity index (χ4v) is 4.16. The molecule has 1 aliphatic rings. The van der Waals surface area contributed by atoms with Gasteiger partial charge in [-0.1, -0.05) is 20.8 Å². The number of amides is 3. The average molecular weight is 525 g/mol. The molecule has 0 bridgehead atoms. The molecule has 13 heteroatoms. The van der Waals surface area contributed by atoms with Gasteiger partial charge in [-0.15, -0.1) is 0 Å². The summed E-state index contributed by atoms with van der Waals surface area (Å²) < 4.78 is 66.1. The Kier molecular flexibility index (Phi) is 7.71. The normalized spacial score (nSPS) is 17.7. The molecule has 0 aliphatic carbocycles. The molecule has 2 heterocycles. The fourth-order valence-electron chi connectivity index (χ4n) is 4.16. The highest BCUT2D eigenvalue weighted by Crippen LogP contribution is 2.29. The molecule has 2 unspecified atom stereocenters. The van der Waals surface area contributed by atoms with Crippen molar-refractivity contribution in [2.24, 2.45) is 5.41 Å². The predicted octanol–water partition coefficient (Wildman–Crippen LogP) is 3.28. The number of nitrogens with zero attached hydrogens (tertiary/aromatic N) is 3. The van der Waals surface area contributed by atoms with Crippen molar-refractivity contribution in [3.05, 3.63) is 41.7 Å². The Bertz CT molecular complexity index is 1270. The number of carbonyl (C=O) groups is 3. The average Bonchev–Trinajstić information content (AvgIpc) is 3.29. The minimum atomic E-state index is -5.21. The third kappa shape index (κ3) is 5.95. The molecule has 3 rings (SSSR count). The summed E-state index contributed by atoms with van der Waals surface area (Å²) >= 11 is 0. The van der Waals surface area contributed by atoms with E-state index in [0.29, 0.717) is 6.42 Å². The van der Waals surface area contributed by atoms with Crippen molar-refractivity contribution in [3.63, 3.8) is 0 Å². The van der Waals surface area contributed by atoms with E-state index in [9.17, 15) is 41.6 Å². The van der Waals surface area contributed by atoms with Crippen molar-refractivity contribution in [2.45, 2.75) is 57.9 Å². The Balaban J connectivity index is 1.85. The van der Waals surface area contributed by atoms with Crippen molar-refractivity contribution in [3.8, 4) is 6.07 Å². The zero-order valence-electron chi connectivity index (χ0n) is 20.1. The van der Waals surface area contributed by atoms with E-state index in [0.717, 1.165) is 17.0 Å². The van der Waals surface area contributed by atoms with Gasteiger partial charge in [0.1, 0.15) is 18.1 Å². The second-order valence-electron chi connectivity index (χ2n) is 9.75. The van der Waals surface area contributed by atoms with E-state index in [1.807, 2.05) is 6.07 Å². The SMILES string of the molecule is CC(C)(C)[C@H](NC(=O)C(F)(F)F)C(=O)N1CCCC1C(=O)NC(C#N)c1cncc2cc(F)c(F)cc12. The third-order valence-corrected chi connectivity index (χ3v) is 6.04. The molecule has 37 heavy (non-hydrogen) atoms. The topological polar surface area (TPSA) is 115 Å². The van der Waals surface area contributed by atoms with Gasteiger partial charge >= 0.3 is 12.1 Å². The molecule has 3 atom stereocenters. The largest absolute Gasteiger partial charge is 0.471 e. The summed E-state index contributed by atoms with van der Waals surface area (Å²) in [7, 11) is 0. The number of aromatic nitrogens is 1. The van der Waals surface area contributed by atoms with E-state index in [4.69, 9.17) is 0 Å².